The Morgan fingerprint density at radius 2 is 2.00 bits per heavy atom. The topological polar surface area (TPSA) is 106 Å². The van der Waals surface area contributed by atoms with Gasteiger partial charge in [0.2, 0.25) is 11.8 Å². The number of hydrogen-bond acceptors (Lipinski definition) is 8. The molecule has 2 N–H and O–H groups in total. The smallest absolute Gasteiger partial charge is 0.234 e. The van der Waals surface area contributed by atoms with Crippen molar-refractivity contribution >= 4 is 35.0 Å². The molecule has 2 aromatic carbocycles. The van der Waals surface area contributed by atoms with E-state index in [0.29, 0.717) is 56.6 Å². The molecule has 1 aliphatic rings. The van der Waals surface area contributed by atoms with E-state index < -0.39 is 0 Å². The molecule has 1 aliphatic heterocycles. The number of aromatic nitrogens is 3. The summed E-state index contributed by atoms with van der Waals surface area (Å²) in [6.45, 7) is 1.69. The summed E-state index contributed by atoms with van der Waals surface area (Å²) in [6.07, 6.45) is 2.10. The SMILES string of the molecule is COc1cccc(NC(=O)CSc2nc(-c3ccc(Cl)cc3)nc3c2Cc2c(CO)cnc(C)c2O3)c1. The number of nitrogens with one attached hydrogen (secondary N) is 1. The number of aliphatic hydroxyl groups is 1. The second-order valence-electron chi connectivity index (χ2n) is 8.33. The fraction of sp³-hybridized carbons (Fsp3) is 0.185. The van der Waals surface area contributed by atoms with E-state index in [2.05, 4.69) is 15.3 Å². The Labute approximate surface area is 223 Å². The predicted molar refractivity (Wildman–Crippen MR) is 143 cm³/mol. The molecule has 0 bridgehead atoms. The molecule has 188 valence electrons. The van der Waals surface area contributed by atoms with Gasteiger partial charge in [0.15, 0.2) is 11.6 Å². The molecular weight excluding hydrogens is 512 g/mol. The highest BCUT2D eigenvalue weighted by molar-refractivity contribution is 8.00. The van der Waals surface area contributed by atoms with E-state index in [1.54, 1.807) is 37.6 Å². The molecule has 1 amide bonds. The fourth-order valence-corrected chi connectivity index (χ4v) is 4.92. The van der Waals surface area contributed by atoms with Crippen LogP contribution in [0.2, 0.25) is 5.02 Å². The van der Waals surface area contributed by atoms with Gasteiger partial charge in [-0.25, -0.2) is 4.98 Å². The van der Waals surface area contributed by atoms with Crippen LogP contribution in [0.5, 0.6) is 17.4 Å². The van der Waals surface area contributed by atoms with E-state index in [0.717, 1.165) is 16.7 Å². The quantitative estimate of drug-likeness (QED) is 0.210. The molecule has 0 radical (unpaired) electrons. The van der Waals surface area contributed by atoms with Crippen LogP contribution in [0.1, 0.15) is 22.4 Å². The number of aliphatic hydroxyl groups excluding tert-OH is 1. The minimum Gasteiger partial charge on any atom is -0.497 e. The van der Waals surface area contributed by atoms with Crippen molar-refractivity contribution in [3.8, 4) is 28.8 Å². The number of carbonyl (C=O) groups excluding carboxylic acids is 1. The Morgan fingerprint density at radius 3 is 2.76 bits per heavy atom. The molecule has 0 aliphatic carbocycles. The molecule has 8 nitrogen and oxygen atoms in total. The van der Waals surface area contributed by atoms with E-state index in [4.69, 9.17) is 26.1 Å². The summed E-state index contributed by atoms with van der Waals surface area (Å²) in [4.78, 5) is 26.6. The van der Waals surface area contributed by atoms with Gasteiger partial charge in [-0.3, -0.25) is 9.78 Å². The summed E-state index contributed by atoms with van der Waals surface area (Å²) in [7, 11) is 1.58. The van der Waals surface area contributed by atoms with Crippen LogP contribution in [-0.4, -0.2) is 38.8 Å². The van der Waals surface area contributed by atoms with Crippen molar-refractivity contribution in [2.75, 3.05) is 18.2 Å². The Bertz CT molecular complexity index is 1480. The van der Waals surface area contributed by atoms with Gasteiger partial charge in [0.25, 0.3) is 0 Å². The van der Waals surface area contributed by atoms with E-state index in [1.165, 1.54) is 11.8 Å². The summed E-state index contributed by atoms with van der Waals surface area (Å²) >= 11 is 7.37. The minimum atomic E-state index is -0.188. The molecule has 0 saturated heterocycles. The van der Waals surface area contributed by atoms with Crippen molar-refractivity contribution in [1.29, 1.82) is 0 Å². The van der Waals surface area contributed by atoms with Crippen LogP contribution < -0.4 is 14.8 Å². The van der Waals surface area contributed by atoms with Crippen molar-refractivity contribution in [3.63, 3.8) is 0 Å². The molecule has 10 heteroatoms. The van der Waals surface area contributed by atoms with Gasteiger partial charge in [-0.15, -0.1) is 0 Å². The molecule has 0 atom stereocenters. The summed E-state index contributed by atoms with van der Waals surface area (Å²) in [5.41, 5.74) is 4.39. The molecule has 0 spiro atoms. The lowest BCUT2D eigenvalue weighted by Crippen LogP contribution is -2.16. The summed E-state index contributed by atoms with van der Waals surface area (Å²) in [6, 6.07) is 14.4. The number of fused-ring (bicyclic) bond motifs is 2. The van der Waals surface area contributed by atoms with Gasteiger partial charge >= 0.3 is 0 Å². The van der Waals surface area contributed by atoms with Gasteiger partial charge in [-0.05, 0) is 43.3 Å². The van der Waals surface area contributed by atoms with Crippen molar-refractivity contribution < 1.29 is 19.4 Å². The van der Waals surface area contributed by atoms with Gasteiger partial charge in [0, 0.05) is 46.1 Å². The maximum Gasteiger partial charge on any atom is 0.234 e. The number of nitrogens with zero attached hydrogens (tertiary/aromatic N) is 3. The van der Waals surface area contributed by atoms with Crippen molar-refractivity contribution in [2.45, 2.75) is 25.0 Å². The molecule has 4 aromatic rings. The number of pyridine rings is 1. The number of aryl methyl sites for hydroxylation is 1. The van der Waals surface area contributed by atoms with Crippen LogP contribution in [0, 0.1) is 6.92 Å². The largest absolute Gasteiger partial charge is 0.497 e. The molecule has 3 heterocycles. The maximum atomic E-state index is 12.8. The van der Waals surface area contributed by atoms with Crippen LogP contribution in [-0.2, 0) is 17.8 Å². The van der Waals surface area contributed by atoms with Gasteiger partial charge in [0.05, 0.1) is 30.7 Å². The Balaban J connectivity index is 1.47. The van der Waals surface area contributed by atoms with E-state index in [9.17, 15) is 9.90 Å². The first-order valence-corrected chi connectivity index (χ1v) is 12.8. The van der Waals surface area contributed by atoms with Crippen LogP contribution >= 0.6 is 23.4 Å². The zero-order chi connectivity index (χ0) is 25.9. The first-order valence-electron chi connectivity index (χ1n) is 11.4. The van der Waals surface area contributed by atoms with E-state index in [-0.39, 0.29) is 18.3 Å². The predicted octanol–water partition coefficient (Wildman–Crippen LogP) is 5.43. The highest BCUT2D eigenvalue weighted by Gasteiger charge is 2.28. The zero-order valence-electron chi connectivity index (χ0n) is 20.1. The third-order valence-corrected chi connectivity index (χ3v) is 7.12. The summed E-state index contributed by atoms with van der Waals surface area (Å²) < 4.78 is 11.5. The maximum absolute atomic E-state index is 12.8. The molecule has 2 aromatic heterocycles. The highest BCUT2D eigenvalue weighted by Crippen LogP contribution is 2.42. The van der Waals surface area contributed by atoms with Crippen LogP contribution in [0.3, 0.4) is 0 Å². The highest BCUT2D eigenvalue weighted by atomic mass is 35.5. The monoisotopic (exact) mass is 534 g/mol. The number of benzene rings is 2. The Morgan fingerprint density at radius 1 is 1.19 bits per heavy atom. The number of anilines is 1. The lowest BCUT2D eigenvalue weighted by molar-refractivity contribution is -0.113. The number of rotatable bonds is 7. The number of amides is 1. The average Bonchev–Trinajstić information content (AvgIpc) is 2.91. The summed E-state index contributed by atoms with van der Waals surface area (Å²) in [5, 5.41) is 14.0. The Kier molecular flexibility index (Phi) is 7.27. The standard InChI is InChI=1S/C27H23ClN4O4S/c1-15-24-21(17(13-33)12-29-15)11-22-26(36-24)31-25(16-6-8-18(28)9-7-16)32-27(22)37-14-23(34)30-19-4-3-5-20(10-19)35-2/h3-10,12,33H,11,13-14H2,1-2H3,(H,30,34). The van der Waals surface area contributed by atoms with Gasteiger partial charge in [-0.2, -0.15) is 4.98 Å². The molecular formula is C27H23ClN4O4S. The number of carbonyl (C=O) groups is 1. The first kappa shape index (κ1) is 25.0. The van der Waals surface area contributed by atoms with E-state index in [1.807, 2.05) is 31.2 Å². The third kappa shape index (κ3) is 5.39. The van der Waals surface area contributed by atoms with Gasteiger partial charge < -0.3 is 19.9 Å². The number of thioether (sulfide) groups is 1. The van der Waals surface area contributed by atoms with Crippen LogP contribution in [0.15, 0.2) is 59.8 Å². The third-order valence-electron chi connectivity index (χ3n) is 5.85. The molecule has 0 unspecified atom stereocenters. The summed E-state index contributed by atoms with van der Waals surface area (Å²) in [5.74, 6) is 2.04. The second kappa shape index (κ2) is 10.8. The first-order chi connectivity index (χ1) is 17.9. The Hall–Kier alpha value is -3.66. The molecule has 0 fully saturated rings. The molecule has 0 saturated carbocycles. The van der Waals surface area contributed by atoms with E-state index >= 15 is 0 Å². The van der Waals surface area contributed by atoms with Crippen LogP contribution in [0.4, 0.5) is 5.69 Å². The number of hydrogen-bond donors (Lipinski definition) is 2. The molecule has 37 heavy (non-hydrogen) atoms. The zero-order valence-corrected chi connectivity index (χ0v) is 21.7. The van der Waals surface area contributed by atoms with Gasteiger partial charge in [-0.1, -0.05) is 29.4 Å². The lowest BCUT2D eigenvalue weighted by atomic mass is 9.99. The normalized spacial score (nSPS) is 11.8. The number of ether oxygens (including phenoxy) is 2. The number of methoxy groups -OCH3 is 1. The fourth-order valence-electron chi connectivity index (χ4n) is 3.97. The minimum absolute atomic E-state index is 0.121. The number of halogens is 1. The van der Waals surface area contributed by atoms with Crippen molar-refractivity contribution in [2.24, 2.45) is 0 Å². The van der Waals surface area contributed by atoms with Crippen LogP contribution in [0.25, 0.3) is 11.4 Å². The lowest BCUT2D eigenvalue weighted by Gasteiger charge is -2.24. The van der Waals surface area contributed by atoms with Gasteiger partial charge in [0.1, 0.15) is 10.8 Å². The molecule has 5 rings (SSSR count). The second-order valence-corrected chi connectivity index (χ2v) is 9.73. The van der Waals surface area contributed by atoms with Crippen molar-refractivity contribution in [3.05, 3.63) is 82.1 Å². The average molecular weight is 535 g/mol. The van der Waals surface area contributed by atoms with Crippen molar-refractivity contribution in [1.82, 2.24) is 15.0 Å².